The van der Waals surface area contributed by atoms with Gasteiger partial charge in [0.15, 0.2) is 0 Å². The Bertz CT molecular complexity index is 746. The van der Waals surface area contributed by atoms with Crippen LogP contribution in [0.15, 0.2) is 5.38 Å². The molecule has 4 rings (SSSR count). The maximum absolute atomic E-state index is 12.6. The van der Waals surface area contributed by atoms with Crippen LogP contribution in [-0.2, 0) is 14.8 Å². The van der Waals surface area contributed by atoms with E-state index in [0.29, 0.717) is 31.7 Å². The minimum absolute atomic E-state index is 0.135. The minimum Gasteiger partial charge on any atom is -0.365 e. The third-order valence-electron chi connectivity index (χ3n) is 4.76. The smallest absolute Gasteiger partial charge is 0.273 e. The molecule has 22 heavy (non-hydrogen) atoms. The zero-order valence-electron chi connectivity index (χ0n) is 12.4. The van der Waals surface area contributed by atoms with Crippen molar-refractivity contribution in [1.82, 2.24) is 14.2 Å². The summed E-state index contributed by atoms with van der Waals surface area (Å²) in [5, 5.41) is 2.06. The van der Waals surface area contributed by atoms with Gasteiger partial charge in [0.05, 0.1) is 17.7 Å². The van der Waals surface area contributed by atoms with Crippen molar-refractivity contribution in [3.8, 4) is 0 Å². The number of rotatable bonds is 1. The fraction of sp³-hybridized carbons (Fsp3) is 0.692. The molecule has 1 amide bonds. The maximum atomic E-state index is 12.6. The Balaban J connectivity index is 1.64. The molecule has 3 aliphatic rings. The molecule has 1 aromatic rings. The summed E-state index contributed by atoms with van der Waals surface area (Å²) in [7, 11) is -1.74. The van der Waals surface area contributed by atoms with Crippen molar-refractivity contribution in [2.45, 2.75) is 30.3 Å². The molecule has 120 valence electrons. The number of ether oxygens (including phenoxy) is 1. The molecule has 1 spiro atoms. The van der Waals surface area contributed by atoms with Gasteiger partial charge in [0, 0.05) is 25.5 Å². The van der Waals surface area contributed by atoms with E-state index in [9.17, 15) is 13.2 Å². The van der Waals surface area contributed by atoms with Gasteiger partial charge in [-0.15, -0.1) is 11.3 Å². The molecule has 3 saturated heterocycles. The highest BCUT2D eigenvalue weighted by Gasteiger charge is 2.64. The lowest BCUT2D eigenvalue weighted by Crippen LogP contribution is -2.56. The lowest BCUT2D eigenvalue weighted by molar-refractivity contribution is -0.0967. The Hall–Kier alpha value is -1.03. The number of nitrogens with zero attached hydrogens (tertiary/aromatic N) is 3. The average Bonchev–Trinajstić information content (AvgIpc) is 3.03. The number of morpholine rings is 1. The number of likely N-dealkylation sites (tertiary alicyclic amines) is 1. The molecule has 7 nitrogen and oxygen atoms in total. The average molecular weight is 343 g/mol. The van der Waals surface area contributed by atoms with Crippen LogP contribution in [0.25, 0.3) is 0 Å². The van der Waals surface area contributed by atoms with Gasteiger partial charge in [0.2, 0.25) is 10.0 Å². The van der Waals surface area contributed by atoms with E-state index in [1.165, 1.54) is 15.6 Å². The summed E-state index contributed by atoms with van der Waals surface area (Å²) in [6.07, 6.45) is 0.262. The first kappa shape index (κ1) is 14.6. The number of hydrogen-bond donors (Lipinski definition) is 0. The Labute approximate surface area is 132 Å². The summed E-state index contributed by atoms with van der Waals surface area (Å²) in [6, 6.07) is 0. The SMILES string of the molecule is Cc1nc(C(=O)N2C[C@H]3C[C@H]4C(C2)(CN(C)S4(=O)=O)O3)cs1. The molecule has 0 aromatic carbocycles. The van der Waals surface area contributed by atoms with Gasteiger partial charge in [0.1, 0.15) is 16.5 Å². The first-order valence-corrected chi connectivity index (χ1v) is 9.54. The van der Waals surface area contributed by atoms with Crippen LogP contribution in [0.4, 0.5) is 0 Å². The summed E-state index contributed by atoms with van der Waals surface area (Å²) in [6.45, 7) is 2.92. The number of aromatic nitrogens is 1. The standard InChI is InChI=1S/C13H17N3O4S2/c1-8-14-10(5-21-8)12(17)16-4-9-3-11-13(7-16,20-9)6-15(2)22(11,18)19/h5,9,11H,3-4,6-7H2,1-2H3/t9-,11+,13?/m1/s1. The van der Waals surface area contributed by atoms with Gasteiger partial charge < -0.3 is 9.64 Å². The molecular weight excluding hydrogens is 326 g/mol. The molecule has 0 saturated carbocycles. The Morgan fingerprint density at radius 3 is 2.95 bits per heavy atom. The van der Waals surface area contributed by atoms with Gasteiger partial charge in [-0.1, -0.05) is 0 Å². The number of thiazole rings is 1. The predicted molar refractivity (Wildman–Crippen MR) is 80.3 cm³/mol. The van der Waals surface area contributed by atoms with Gasteiger partial charge in [0.25, 0.3) is 5.91 Å². The number of aryl methyl sites for hydroxylation is 1. The van der Waals surface area contributed by atoms with E-state index in [1.807, 2.05) is 6.92 Å². The van der Waals surface area contributed by atoms with Gasteiger partial charge >= 0.3 is 0 Å². The molecule has 1 unspecified atom stereocenters. The van der Waals surface area contributed by atoms with Crippen molar-refractivity contribution in [2.24, 2.45) is 0 Å². The summed E-state index contributed by atoms with van der Waals surface area (Å²) in [5.41, 5.74) is -0.344. The second kappa shape index (κ2) is 4.50. The second-order valence-corrected chi connectivity index (χ2v) is 9.55. The molecule has 2 bridgehead atoms. The van der Waals surface area contributed by atoms with Crippen molar-refractivity contribution in [3.63, 3.8) is 0 Å². The van der Waals surface area contributed by atoms with Gasteiger partial charge in [-0.3, -0.25) is 4.79 Å². The van der Waals surface area contributed by atoms with Crippen LogP contribution in [0.5, 0.6) is 0 Å². The largest absolute Gasteiger partial charge is 0.365 e. The number of amides is 1. The second-order valence-electron chi connectivity index (χ2n) is 6.27. The lowest BCUT2D eigenvalue weighted by atomic mass is 9.99. The van der Waals surface area contributed by atoms with Crippen LogP contribution in [0.2, 0.25) is 0 Å². The lowest BCUT2D eigenvalue weighted by Gasteiger charge is -2.39. The van der Waals surface area contributed by atoms with E-state index in [0.717, 1.165) is 5.01 Å². The first-order valence-electron chi connectivity index (χ1n) is 7.16. The predicted octanol–water partition coefficient (Wildman–Crippen LogP) is 0.0788. The number of fused-ring (bicyclic) bond motifs is 1. The number of carbonyl (C=O) groups is 1. The Kier molecular flexibility index (Phi) is 2.98. The molecular formula is C13H17N3O4S2. The van der Waals surface area contributed by atoms with Crippen molar-refractivity contribution in [3.05, 3.63) is 16.1 Å². The summed E-state index contributed by atoms with van der Waals surface area (Å²) < 4.78 is 32.1. The summed E-state index contributed by atoms with van der Waals surface area (Å²) in [4.78, 5) is 18.6. The molecule has 3 fully saturated rings. The normalized spacial score (nSPS) is 36.5. The number of likely N-dealkylation sites (N-methyl/N-ethyl adjacent to an activating group) is 1. The van der Waals surface area contributed by atoms with E-state index >= 15 is 0 Å². The molecule has 0 N–H and O–H groups in total. The Morgan fingerprint density at radius 2 is 2.27 bits per heavy atom. The van der Waals surface area contributed by atoms with E-state index in [2.05, 4.69) is 4.98 Å². The van der Waals surface area contributed by atoms with Crippen LogP contribution in [0.3, 0.4) is 0 Å². The molecule has 4 heterocycles. The zero-order valence-corrected chi connectivity index (χ0v) is 14.0. The highest BCUT2D eigenvalue weighted by molar-refractivity contribution is 7.90. The van der Waals surface area contributed by atoms with E-state index in [1.54, 1.807) is 17.3 Å². The highest BCUT2D eigenvalue weighted by atomic mass is 32.2. The van der Waals surface area contributed by atoms with Crippen LogP contribution in [0.1, 0.15) is 21.9 Å². The number of hydrogen-bond acceptors (Lipinski definition) is 6. The topological polar surface area (TPSA) is 79.8 Å². The van der Waals surface area contributed by atoms with E-state index in [-0.39, 0.29) is 12.0 Å². The van der Waals surface area contributed by atoms with Crippen LogP contribution in [-0.4, -0.2) is 72.2 Å². The van der Waals surface area contributed by atoms with Crippen LogP contribution < -0.4 is 0 Å². The van der Waals surface area contributed by atoms with Crippen LogP contribution >= 0.6 is 11.3 Å². The maximum Gasteiger partial charge on any atom is 0.273 e. The molecule has 3 atom stereocenters. The van der Waals surface area contributed by atoms with Gasteiger partial charge in [-0.2, -0.15) is 0 Å². The summed E-state index contributed by atoms with van der Waals surface area (Å²) in [5.74, 6) is -0.135. The third-order valence-corrected chi connectivity index (χ3v) is 7.87. The third kappa shape index (κ3) is 1.89. The minimum atomic E-state index is -3.32. The fourth-order valence-corrected chi connectivity index (χ4v) is 6.46. The molecule has 0 radical (unpaired) electrons. The molecule has 9 heteroatoms. The summed E-state index contributed by atoms with van der Waals surface area (Å²) >= 11 is 1.44. The van der Waals surface area contributed by atoms with E-state index < -0.39 is 20.9 Å². The van der Waals surface area contributed by atoms with E-state index in [4.69, 9.17) is 4.74 Å². The quantitative estimate of drug-likeness (QED) is 0.721. The van der Waals surface area contributed by atoms with Crippen LogP contribution in [0, 0.1) is 6.92 Å². The Morgan fingerprint density at radius 1 is 1.50 bits per heavy atom. The monoisotopic (exact) mass is 343 g/mol. The van der Waals surface area contributed by atoms with Crippen molar-refractivity contribution in [2.75, 3.05) is 26.7 Å². The first-order chi connectivity index (χ1) is 10.3. The fourth-order valence-electron chi connectivity index (χ4n) is 3.84. The molecule has 3 aliphatic heterocycles. The molecule has 1 aromatic heterocycles. The zero-order chi connectivity index (χ0) is 15.7. The highest BCUT2D eigenvalue weighted by Crippen LogP contribution is 2.46. The number of sulfonamides is 1. The van der Waals surface area contributed by atoms with Crippen molar-refractivity contribution in [1.29, 1.82) is 0 Å². The number of carbonyl (C=O) groups excluding carboxylic acids is 1. The van der Waals surface area contributed by atoms with Crippen molar-refractivity contribution >= 4 is 27.3 Å². The molecule has 0 aliphatic carbocycles. The van der Waals surface area contributed by atoms with Crippen molar-refractivity contribution < 1.29 is 17.9 Å². The van der Waals surface area contributed by atoms with Gasteiger partial charge in [-0.25, -0.2) is 17.7 Å². The van der Waals surface area contributed by atoms with Gasteiger partial charge in [-0.05, 0) is 13.3 Å².